The summed E-state index contributed by atoms with van der Waals surface area (Å²) < 4.78 is 13.7. The van der Waals surface area contributed by atoms with Gasteiger partial charge in [0, 0.05) is 17.8 Å². The van der Waals surface area contributed by atoms with Crippen molar-refractivity contribution in [2.75, 3.05) is 7.05 Å². The molecule has 21 heavy (non-hydrogen) atoms. The molecule has 1 amide bonds. The van der Waals surface area contributed by atoms with E-state index in [1.54, 1.807) is 17.0 Å². The summed E-state index contributed by atoms with van der Waals surface area (Å²) in [6.45, 7) is 0.586. The van der Waals surface area contributed by atoms with E-state index in [1.165, 1.54) is 23.5 Å². The van der Waals surface area contributed by atoms with Crippen LogP contribution in [0.2, 0.25) is 4.34 Å². The predicted molar refractivity (Wildman–Crippen MR) is 83.1 cm³/mol. The van der Waals surface area contributed by atoms with Crippen molar-refractivity contribution in [3.05, 3.63) is 57.0 Å². The van der Waals surface area contributed by atoms with Crippen LogP contribution < -0.4 is 0 Å². The summed E-state index contributed by atoms with van der Waals surface area (Å²) >= 11 is 7.39. The number of carbonyl (C=O) groups excluding carboxylic acids is 1. The molecular weight excluding hydrogens is 309 g/mol. The van der Waals surface area contributed by atoms with Crippen LogP contribution >= 0.6 is 22.9 Å². The van der Waals surface area contributed by atoms with Gasteiger partial charge in [-0.1, -0.05) is 23.7 Å². The van der Waals surface area contributed by atoms with Crippen molar-refractivity contribution >= 4 is 28.8 Å². The van der Waals surface area contributed by atoms with Gasteiger partial charge in [0.05, 0.1) is 10.9 Å². The van der Waals surface area contributed by atoms with Crippen LogP contribution in [0, 0.1) is 11.7 Å². The number of thiophene rings is 1. The SMILES string of the molecule is CN(Cc1ccc(Cl)s1)C(=O)C1CC1c1ccc(F)cc1. The van der Waals surface area contributed by atoms with Gasteiger partial charge in [0.2, 0.25) is 5.91 Å². The van der Waals surface area contributed by atoms with Crippen molar-refractivity contribution in [1.82, 2.24) is 4.90 Å². The second kappa shape index (κ2) is 5.78. The first-order valence-corrected chi connectivity index (χ1v) is 7.98. The monoisotopic (exact) mass is 323 g/mol. The molecule has 0 spiro atoms. The van der Waals surface area contributed by atoms with Crippen LogP contribution in [0.4, 0.5) is 4.39 Å². The topological polar surface area (TPSA) is 20.3 Å². The first kappa shape index (κ1) is 14.5. The van der Waals surface area contributed by atoms with Crippen molar-refractivity contribution < 1.29 is 9.18 Å². The predicted octanol–water partition coefficient (Wildman–Crippen LogP) is 4.30. The zero-order chi connectivity index (χ0) is 15.0. The van der Waals surface area contributed by atoms with Gasteiger partial charge in [-0.3, -0.25) is 4.79 Å². The van der Waals surface area contributed by atoms with E-state index in [0.29, 0.717) is 6.54 Å². The number of nitrogens with zero attached hydrogens (tertiary/aromatic N) is 1. The highest BCUT2D eigenvalue weighted by atomic mass is 35.5. The fourth-order valence-electron chi connectivity index (χ4n) is 2.58. The largest absolute Gasteiger partial charge is 0.340 e. The molecule has 110 valence electrons. The number of hydrogen-bond acceptors (Lipinski definition) is 2. The van der Waals surface area contributed by atoms with Gasteiger partial charge in [-0.2, -0.15) is 0 Å². The molecular formula is C16H15ClFNOS. The first-order valence-electron chi connectivity index (χ1n) is 6.79. The lowest BCUT2D eigenvalue weighted by Crippen LogP contribution is -2.27. The summed E-state index contributed by atoms with van der Waals surface area (Å²) in [7, 11) is 1.82. The molecule has 2 aromatic rings. The van der Waals surface area contributed by atoms with Crippen LogP contribution in [-0.4, -0.2) is 17.9 Å². The quantitative estimate of drug-likeness (QED) is 0.821. The number of amides is 1. The summed E-state index contributed by atoms with van der Waals surface area (Å²) in [6, 6.07) is 10.2. The molecule has 3 rings (SSSR count). The lowest BCUT2D eigenvalue weighted by molar-refractivity contribution is -0.131. The minimum absolute atomic E-state index is 0.0240. The molecule has 2 unspecified atom stereocenters. The van der Waals surface area contributed by atoms with E-state index in [2.05, 4.69) is 0 Å². The Labute approximate surface area is 132 Å². The Morgan fingerprint density at radius 2 is 2.05 bits per heavy atom. The fraction of sp³-hybridized carbons (Fsp3) is 0.312. The molecule has 0 saturated heterocycles. The average Bonchev–Trinajstić information content (AvgIpc) is 3.15. The van der Waals surface area contributed by atoms with Gasteiger partial charge in [0.25, 0.3) is 0 Å². The minimum Gasteiger partial charge on any atom is -0.340 e. The summed E-state index contributed by atoms with van der Waals surface area (Å²) in [5.74, 6) is 0.159. The number of rotatable bonds is 4. The third-order valence-corrected chi connectivity index (χ3v) is 5.02. The lowest BCUT2D eigenvalue weighted by atomic mass is 10.1. The van der Waals surface area contributed by atoms with E-state index in [9.17, 15) is 9.18 Å². The van der Waals surface area contributed by atoms with Crippen LogP contribution in [0.1, 0.15) is 22.8 Å². The smallest absolute Gasteiger partial charge is 0.226 e. The van der Waals surface area contributed by atoms with E-state index in [-0.39, 0.29) is 23.6 Å². The molecule has 1 aromatic heterocycles. The summed E-state index contributed by atoms with van der Waals surface area (Å²) in [5.41, 5.74) is 1.04. The van der Waals surface area contributed by atoms with Crippen LogP contribution in [0.15, 0.2) is 36.4 Å². The molecule has 1 fully saturated rings. The molecule has 2 nitrogen and oxygen atoms in total. The molecule has 1 aromatic carbocycles. The molecule has 1 saturated carbocycles. The van der Waals surface area contributed by atoms with E-state index in [1.807, 2.05) is 19.2 Å². The number of hydrogen-bond donors (Lipinski definition) is 0. The Hall–Kier alpha value is -1.39. The van der Waals surface area contributed by atoms with Gasteiger partial charge in [-0.15, -0.1) is 11.3 Å². The van der Waals surface area contributed by atoms with Gasteiger partial charge in [0.1, 0.15) is 5.82 Å². The van der Waals surface area contributed by atoms with Crippen LogP contribution in [0.5, 0.6) is 0 Å². The van der Waals surface area contributed by atoms with Gasteiger partial charge in [-0.05, 0) is 42.2 Å². The van der Waals surface area contributed by atoms with Gasteiger partial charge >= 0.3 is 0 Å². The van der Waals surface area contributed by atoms with Gasteiger partial charge in [-0.25, -0.2) is 4.39 Å². The van der Waals surface area contributed by atoms with Crippen molar-refractivity contribution in [2.45, 2.75) is 18.9 Å². The van der Waals surface area contributed by atoms with Gasteiger partial charge < -0.3 is 4.90 Å². The molecule has 1 heterocycles. The Balaban J connectivity index is 1.60. The Kier molecular flexibility index (Phi) is 4.00. The van der Waals surface area contributed by atoms with Crippen LogP contribution in [0.3, 0.4) is 0 Å². The second-order valence-corrected chi connectivity index (χ2v) is 7.20. The minimum atomic E-state index is -0.242. The van der Waals surface area contributed by atoms with E-state index < -0.39 is 0 Å². The average molecular weight is 324 g/mol. The van der Waals surface area contributed by atoms with Crippen LogP contribution in [-0.2, 0) is 11.3 Å². The summed E-state index contributed by atoms with van der Waals surface area (Å²) in [6.07, 6.45) is 0.847. The highest BCUT2D eigenvalue weighted by Gasteiger charge is 2.45. The molecule has 1 aliphatic carbocycles. The highest BCUT2D eigenvalue weighted by Crippen LogP contribution is 2.48. The van der Waals surface area contributed by atoms with E-state index in [0.717, 1.165) is 21.2 Å². The first-order chi connectivity index (χ1) is 10.0. The zero-order valence-electron chi connectivity index (χ0n) is 11.6. The zero-order valence-corrected chi connectivity index (χ0v) is 13.1. The van der Waals surface area contributed by atoms with Gasteiger partial charge in [0.15, 0.2) is 0 Å². The Morgan fingerprint density at radius 1 is 1.33 bits per heavy atom. The number of benzene rings is 1. The van der Waals surface area contributed by atoms with E-state index in [4.69, 9.17) is 11.6 Å². The summed E-state index contributed by atoms with van der Waals surface area (Å²) in [4.78, 5) is 15.2. The lowest BCUT2D eigenvalue weighted by Gasteiger charge is -2.16. The molecule has 0 aliphatic heterocycles. The van der Waals surface area contributed by atoms with Crippen molar-refractivity contribution in [1.29, 1.82) is 0 Å². The van der Waals surface area contributed by atoms with Crippen molar-refractivity contribution in [3.8, 4) is 0 Å². The number of carbonyl (C=O) groups is 1. The normalized spacial score (nSPS) is 20.3. The fourth-order valence-corrected chi connectivity index (χ4v) is 3.72. The van der Waals surface area contributed by atoms with Crippen molar-refractivity contribution in [3.63, 3.8) is 0 Å². The second-order valence-electron chi connectivity index (χ2n) is 5.40. The molecule has 2 atom stereocenters. The Morgan fingerprint density at radius 3 is 2.67 bits per heavy atom. The maximum absolute atomic E-state index is 12.9. The Bertz CT molecular complexity index is 655. The molecule has 5 heteroatoms. The molecule has 0 N–H and O–H groups in total. The molecule has 1 aliphatic rings. The molecule has 0 bridgehead atoms. The van der Waals surface area contributed by atoms with Crippen molar-refractivity contribution in [2.24, 2.45) is 5.92 Å². The van der Waals surface area contributed by atoms with E-state index >= 15 is 0 Å². The number of halogens is 2. The third-order valence-electron chi connectivity index (χ3n) is 3.80. The highest BCUT2D eigenvalue weighted by molar-refractivity contribution is 7.16. The summed E-state index contributed by atoms with van der Waals surface area (Å²) in [5, 5.41) is 0. The van der Waals surface area contributed by atoms with Crippen LogP contribution in [0.25, 0.3) is 0 Å². The maximum Gasteiger partial charge on any atom is 0.226 e. The maximum atomic E-state index is 12.9. The third kappa shape index (κ3) is 3.27. The standard InChI is InChI=1S/C16H15ClFNOS/c1-19(9-12-6-7-15(17)21-12)16(20)14-8-13(14)10-2-4-11(18)5-3-10/h2-7,13-14H,8-9H2,1H3. The molecule has 0 radical (unpaired) electrons.